The SMILES string of the molecule is c1cc2ccc1COCCOCCOCCOCc1ccc(cc1)-c1cc[n+](cc1)Cc1ccc(cc1)C[n+]1ccc-2cc1. The van der Waals surface area contributed by atoms with Gasteiger partial charge in [0.05, 0.1) is 52.9 Å². The Balaban J connectivity index is 1.11. The maximum absolute atomic E-state index is 5.79. The van der Waals surface area contributed by atoms with Crippen LogP contribution in [0.1, 0.15) is 22.3 Å². The summed E-state index contributed by atoms with van der Waals surface area (Å²) < 4.78 is 27.3. The van der Waals surface area contributed by atoms with Crippen LogP contribution in [0.25, 0.3) is 22.3 Å². The molecule has 0 fully saturated rings. The summed E-state index contributed by atoms with van der Waals surface area (Å²) in [5, 5.41) is 0. The van der Waals surface area contributed by atoms with Crippen LogP contribution in [0.3, 0.4) is 0 Å². The highest BCUT2D eigenvalue weighted by Gasteiger charge is 2.08. The second-order valence-electron chi connectivity index (χ2n) is 11.1. The van der Waals surface area contributed by atoms with Gasteiger partial charge in [0.25, 0.3) is 0 Å². The molecule has 44 heavy (non-hydrogen) atoms. The minimum atomic E-state index is 0.544. The molecule has 0 atom stereocenters. The van der Waals surface area contributed by atoms with Crippen molar-refractivity contribution < 1.29 is 28.1 Å². The van der Waals surface area contributed by atoms with Crippen LogP contribution in [-0.4, -0.2) is 39.6 Å². The fourth-order valence-corrected chi connectivity index (χ4v) is 5.21. The lowest BCUT2D eigenvalue weighted by Gasteiger charge is -2.09. The van der Waals surface area contributed by atoms with Crippen LogP contribution >= 0.6 is 0 Å². The summed E-state index contributed by atoms with van der Waals surface area (Å²) >= 11 is 0. The van der Waals surface area contributed by atoms with Gasteiger partial charge in [0, 0.05) is 35.4 Å². The van der Waals surface area contributed by atoms with Crippen molar-refractivity contribution in [1.29, 1.82) is 0 Å². The van der Waals surface area contributed by atoms with E-state index in [9.17, 15) is 0 Å². The van der Waals surface area contributed by atoms with Crippen LogP contribution in [-0.2, 0) is 45.3 Å². The van der Waals surface area contributed by atoms with E-state index in [1.165, 1.54) is 33.4 Å². The summed E-state index contributed by atoms with van der Waals surface area (Å²) in [6.45, 7) is 6.09. The summed E-state index contributed by atoms with van der Waals surface area (Å²) in [4.78, 5) is 0. The largest absolute Gasteiger partial charge is 0.377 e. The van der Waals surface area contributed by atoms with Gasteiger partial charge in [-0.3, -0.25) is 0 Å². The number of rotatable bonds is 0. The summed E-state index contributed by atoms with van der Waals surface area (Å²) in [6.07, 6.45) is 8.60. The van der Waals surface area contributed by atoms with Crippen LogP contribution in [0.15, 0.2) is 122 Å². The van der Waals surface area contributed by atoms with E-state index >= 15 is 0 Å². The number of fused-ring (bicyclic) bond motifs is 2. The molecule has 0 aliphatic carbocycles. The molecule has 6 nitrogen and oxygen atoms in total. The zero-order valence-electron chi connectivity index (χ0n) is 25.1. The topological polar surface area (TPSA) is 44.7 Å². The Kier molecular flexibility index (Phi) is 10.5. The second kappa shape index (κ2) is 15.5. The molecular formula is C38H40N2O4+2. The van der Waals surface area contributed by atoms with Crippen molar-refractivity contribution in [3.63, 3.8) is 0 Å². The molecule has 13 rings (SSSR count). The van der Waals surface area contributed by atoms with Crippen molar-refractivity contribution in [2.24, 2.45) is 0 Å². The van der Waals surface area contributed by atoms with Crippen LogP contribution in [0, 0.1) is 0 Å². The average molecular weight is 589 g/mol. The average Bonchev–Trinajstić information content (AvgIpc) is 3.07. The quantitative estimate of drug-likeness (QED) is 0.216. The Bertz CT molecular complexity index is 1450. The smallest absolute Gasteiger partial charge is 0.173 e. The van der Waals surface area contributed by atoms with E-state index in [0.29, 0.717) is 52.9 Å². The standard InChI is InChI=1S/C38H40N2O4/c1-2-32-4-3-31(1)27-39-17-13-37(14-18-39)35-9-5-33(6-10-35)29-43-25-23-41-21-22-42-24-26-44-30-34-7-11-36(12-8-34)38-15-19-40(28-32)20-16-38/h1-20H,21-30H2/q+2. The maximum atomic E-state index is 5.79. The predicted octanol–water partition coefficient (Wildman–Crippen LogP) is 5.77. The first-order valence-corrected chi connectivity index (χ1v) is 15.3. The van der Waals surface area contributed by atoms with Gasteiger partial charge in [0.1, 0.15) is 0 Å². The van der Waals surface area contributed by atoms with Gasteiger partial charge < -0.3 is 18.9 Å². The van der Waals surface area contributed by atoms with Crippen LogP contribution < -0.4 is 9.13 Å². The molecule has 6 heteroatoms. The molecule has 0 spiro atoms. The molecule has 224 valence electrons. The van der Waals surface area contributed by atoms with Crippen molar-refractivity contribution in [3.05, 3.63) is 144 Å². The van der Waals surface area contributed by atoms with Crippen molar-refractivity contribution >= 4 is 0 Å². The van der Waals surface area contributed by atoms with Gasteiger partial charge >= 0.3 is 0 Å². The fourth-order valence-electron chi connectivity index (χ4n) is 5.21. The zero-order chi connectivity index (χ0) is 29.8. The molecule has 0 amide bonds. The first kappa shape index (κ1) is 29.9. The third kappa shape index (κ3) is 8.68. The molecule has 10 heterocycles. The Morgan fingerprint density at radius 3 is 0.977 bits per heavy atom. The lowest BCUT2D eigenvalue weighted by molar-refractivity contribution is -0.688. The molecule has 3 aromatic carbocycles. The van der Waals surface area contributed by atoms with Gasteiger partial charge in [0.15, 0.2) is 37.9 Å². The van der Waals surface area contributed by atoms with E-state index in [-0.39, 0.29) is 0 Å². The highest BCUT2D eigenvalue weighted by Crippen LogP contribution is 2.20. The first-order valence-electron chi connectivity index (χ1n) is 15.3. The van der Waals surface area contributed by atoms with Gasteiger partial charge in [0.2, 0.25) is 0 Å². The monoisotopic (exact) mass is 588 g/mol. The Morgan fingerprint density at radius 1 is 0.318 bits per heavy atom. The zero-order valence-corrected chi connectivity index (χ0v) is 25.1. The van der Waals surface area contributed by atoms with Gasteiger partial charge in [-0.1, -0.05) is 72.8 Å². The number of benzene rings is 3. The molecule has 0 N–H and O–H groups in total. The number of ether oxygens (including phenoxy) is 4. The molecule has 10 bridgehead atoms. The van der Waals surface area contributed by atoms with Crippen molar-refractivity contribution in [2.75, 3.05) is 39.6 Å². The maximum Gasteiger partial charge on any atom is 0.173 e. The molecule has 0 unspecified atom stereocenters. The highest BCUT2D eigenvalue weighted by atomic mass is 16.6. The molecule has 0 saturated carbocycles. The van der Waals surface area contributed by atoms with Gasteiger partial charge in [-0.05, 0) is 33.4 Å². The van der Waals surface area contributed by atoms with Crippen LogP contribution in [0.2, 0.25) is 0 Å². The van der Waals surface area contributed by atoms with Crippen molar-refractivity contribution in [2.45, 2.75) is 26.3 Å². The van der Waals surface area contributed by atoms with Crippen molar-refractivity contribution in [3.8, 4) is 22.3 Å². The molecule has 0 radical (unpaired) electrons. The summed E-state index contributed by atoms with van der Waals surface area (Å²) in [5.74, 6) is 0. The van der Waals surface area contributed by atoms with E-state index in [1.807, 2.05) is 0 Å². The fraction of sp³-hybridized carbons (Fsp3) is 0.263. The normalized spacial score (nSPS) is 15.4. The predicted molar refractivity (Wildman–Crippen MR) is 170 cm³/mol. The number of aromatic nitrogens is 2. The number of pyridine rings is 2. The van der Waals surface area contributed by atoms with E-state index in [4.69, 9.17) is 18.9 Å². The van der Waals surface area contributed by atoms with Gasteiger partial charge in [-0.25, -0.2) is 9.13 Å². The third-order valence-electron chi connectivity index (χ3n) is 7.76. The van der Waals surface area contributed by atoms with Crippen molar-refractivity contribution in [1.82, 2.24) is 0 Å². The van der Waals surface area contributed by atoms with Gasteiger partial charge in [-0.15, -0.1) is 0 Å². The summed E-state index contributed by atoms with van der Waals surface area (Å²) in [5.41, 5.74) is 9.64. The molecule has 2 aromatic heterocycles. The van der Waals surface area contributed by atoms with E-state index in [0.717, 1.165) is 24.2 Å². The molecule has 5 aromatic rings. The third-order valence-corrected chi connectivity index (χ3v) is 7.76. The highest BCUT2D eigenvalue weighted by molar-refractivity contribution is 5.63. The van der Waals surface area contributed by atoms with E-state index in [2.05, 4.69) is 131 Å². The Morgan fingerprint density at radius 2 is 0.614 bits per heavy atom. The Labute approximate surface area is 260 Å². The van der Waals surface area contributed by atoms with Gasteiger partial charge in [-0.2, -0.15) is 0 Å². The molecular weight excluding hydrogens is 548 g/mol. The number of hydrogen-bond acceptors (Lipinski definition) is 4. The first-order chi connectivity index (χ1) is 21.8. The second-order valence-corrected chi connectivity index (χ2v) is 11.1. The van der Waals surface area contributed by atoms with Crippen LogP contribution in [0.5, 0.6) is 0 Å². The van der Waals surface area contributed by atoms with E-state index in [1.54, 1.807) is 0 Å². The summed E-state index contributed by atoms with van der Waals surface area (Å²) in [6, 6.07) is 34.7. The molecule has 8 aliphatic rings. The minimum Gasteiger partial charge on any atom is -0.377 e. The lowest BCUT2D eigenvalue weighted by atomic mass is 10.1. The number of nitrogens with zero attached hydrogens (tertiary/aromatic N) is 2. The lowest BCUT2D eigenvalue weighted by Crippen LogP contribution is -2.33. The van der Waals surface area contributed by atoms with Crippen LogP contribution in [0.4, 0.5) is 0 Å². The minimum absolute atomic E-state index is 0.544. The summed E-state index contributed by atoms with van der Waals surface area (Å²) in [7, 11) is 0. The number of hydrogen-bond donors (Lipinski definition) is 0. The molecule has 8 aliphatic heterocycles. The van der Waals surface area contributed by atoms with E-state index < -0.39 is 0 Å². The Hall–Kier alpha value is -4.20. The molecule has 0 saturated heterocycles.